The maximum Gasteiger partial charge on any atom is 0.259 e. The number of nitriles is 1. The van der Waals surface area contributed by atoms with Gasteiger partial charge >= 0.3 is 0 Å². The Hall–Kier alpha value is -4.29. The van der Waals surface area contributed by atoms with E-state index >= 15 is 0 Å². The molecule has 4 rings (SSSR count). The molecule has 0 spiro atoms. The second-order valence-electron chi connectivity index (χ2n) is 8.29. The fraction of sp³-hybridized carbons (Fsp3) is 0.269. The van der Waals surface area contributed by atoms with E-state index in [1.165, 1.54) is 11.1 Å². The maximum absolute atomic E-state index is 13.0. The lowest BCUT2D eigenvalue weighted by molar-refractivity contribution is 0.0992. The molecule has 3 heterocycles. The SMILES string of the molecule is CCCC[C@H](NC)c1nc(-c2ccc(C(=O)N(C)c3cc(C#N)ccn3)cc2)c2c(N)nccn12. The highest BCUT2D eigenvalue weighted by molar-refractivity contribution is 6.05. The van der Waals surface area contributed by atoms with Gasteiger partial charge in [-0.3, -0.25) is 14.1 Å². The number of rotatable bonds is 8. The van der Waals surface area contributed by atoms with Crippen LogP contribution in [-0.2, 0) is 0 Å². The molecule has 0 aliphatic carbocycles. The van der Waals surface area contributed by atoms with Gasteiger partial charge in [0.2, 0.25) is 0 Å². The molecule has 0 aliphatic heterocycles. The number of nitrogens with one attached hydrogen (secondary N) is 1. The number of amides is 1. The van der Waals surface area contributed by atoms with E-state index in [0.29, 0.717) is 22.8 Å². The monoisotopic (exact) mass is 468 g/mol. The van der Waals surface area contributed by atoms with E-state index in [9.17, 15) is 4.79 Å². The van der Waals surface area contributed by atoms with Gasteiger partial charge in [-0.15, -0.1) is 0 Å². The zero-order valence-corrected chi connectivity index (χ0v) is 20.1. The first-order valence-corrected chi connectivity index (χ1v) is 11.5. The zero-order chi connectivity index (χ0) is 24.9. The molecule has 9 nitrogen and oxygen atoms in total. The Morgan fingerprint density at radius 1 is 1.23 bits per heavy atom. The first-order chi connectivity index (χ1) is 17.0. The van der Waals surface area contributed by atoms with Crippen LogP contribution in [0.4, 0.5) is 11.6 Å². The van der Waals surface area contributed by atoms with Crippen LogP contribution in [0.5, 0.6) is 0 Å². The van der Waals surface area contributed by atoms with Gasteiger partial charge in [-0.05, 0) is 37.7 Å². The van der Waals surface area contributed by atoms with E-state index in [1.54, 1.807) is 37.5 Å². The fourth-order valence-electron chi connectivity index (χ4n) is 4.08. The number of unbranched alkanes of at least 4 members (excludes halogenated alkanes) is 1. The first kappa shape index (κ1) is 23.9. The largest absolute Gasteiger partial charge is 0.382 e. The molecule has 0 aliphatic rings. The maximum atomic E-state index is 13.0. The topological polar surface area (TPSA) is 125 Å². The molecule has 0 radical (unpaired) electrons. The van der Waals surface area contributed by atoms with Gasteiger partial charge in [-0.1, -0.05) is 31.9 Å². The van der Waals surface area contributed by atoms with Crippen molar-refractivity contribution in [1.82, 2.24) is 24.7 Å². The number of pyridine rings is 1. The minimum Gasteiger partial charge on any atom is -0.382 e. The molecule has 0 fully saturated rings. The van der Waals surface area contributed by atoms with Gasteiger partial charge in [0.15, 0.2) is 0 Å². The van der Waals surface area contributed by atoms with Crippen molar-refractivity contribution < 1.29 is 4.79 Å². The Labute approximate surface area is 204 Å². The van der Waals surface area contributed by atoms with E-state index in [2.05, 4.69) is 28.3 Å². The van der Waals surface area contributed by atoms with E-state index in [0.717, 1.165) is 41.9 Å². The molecule has 0 saturated heterocycles. The van der Waals surface area contributed by atoms with Gasteiger partial charge in [-0.25, -0.2) is 15.0 Å². The van der Waals surface area contributed by atoms with Crippen molar-refractivity contribution in [2.75, 3.05) is 24.7 Å². The number of nitrogens with two attached hydrogens (primary N) is 1. The Morgan fingerprint density at radius 2 is 2.00 bits per heavy atom. The van der Waals surface area contributed by atoms with Gasteiger partial charge < -0.3 is 11.1 Å². The fourth-order valence-corrected chi connectivity index (χ4v) is 4.08. The van der Waals surface area contributed by atoms with Gasteiger partial charge in [0.25, 0.3) is 5.91 Å². The number of aromatic nitrogens is 4. The highest BCUT2D eigenvalue weighted by atomic mass is 16.2. The van der Waals surface area contributed by atoms with Gasteiger partial charge in [-0.2, -0.15) is 5.26 Å². The third kappa shape index (κ3) is 4.69. The number of carbonyl (C=O) groups is 1. The third-order valence-corrected chi connectivity index (χ3v) is 6.05. The second-order valence-corrected chi connectivity index (χ2v) is 8.29. The van der Waals surface area contributed by atoms with Crippen molar-refractivity contribution in [2.45, 2.75) is 32.2 Å². The molecule has 3 aromatic heterocycles. The quantitative estimate of drug-likeness (QED) is 0.401. The molecular formula is C26H28N8O. The normalized spacial score (nSPS) is 11.8. The summed E-state index contributed by atoms with van der Waals surface area (Å²) in [6, 6.07) is 12.6. The molecule has 3 N–H and O–H groups in total. The summed E-state index contributed by atoms with van der Waals surface area (Å²) in [5.74, 6) is 1.45. The van der Waals surface area contributed by atoms with Gasteiger partial charge in [0.1, 0.15) is 28.7 Å². The van der Waals surface area contributed by atoms with Crippen molar-refractivity contribution in [3.63, 3.8) is 0 Å². The number of carbonyl (C=O) groups excluding carboxylic acids is 1. The summed E-state index contributed by atoms with van der Waals surface area (Å²) in [5, 5.41) is 12.5. The van der Waals surface area contributed by atoms with Crippen molar-refractivity contribution in [1.29, 1.82) is 5.26 Å². The molecule has 1 amide bonds. The van der Waals surface area contributed by atoms with Crippen LogP contribution in [0.25, 0.3) is 16.8 Å². The average Bonchev–Trinajstić information content (AvgIpc) is 3.29. The predicted octanol–water partition coefficient (Wildman–Crippen LogP) is 3.97. The summed E-state index contributed by atoms with van der Waals surface area (Å²) in [6.45, 7) is 2.17. The van der Waals surface area contributed by atoms with Crippen LogP contribution in [0.15, 0.2) is 55.0 Å². The lowest BCUT2D eigenvalue weighted by Gasteiger charge is -2.16. The minimum atomic E-state index is -0.231. The van der Waals surface area contributed by atoms with Crippen LogP contribution in [0, 0.1) is 11.3 Å². The molecule has 0 unspecified atom stereocenters. The Balaban J connectivity index is 1.68. The molecule has 0 bridgehead atoms. The molecule has 0 saturated carbocycles. The van der Waals surface area contributed by atoms with E-state index in [-0.39, 0.29) is 11.9 Å². The summed E-state index contributed by atoms with van der Waals surface area (Å²) in [5.41, 5.74) is 9.51. The average molecular weight is 469 g/mol. The van der Waals surface area contributed by atoms with Crippen LogP contribution in [-0.4, -0.2) is 39.4 Å². The number of anilines is 2. The van der Waals surface area contributed by atoms with E-state index < -0.39 is 0 Å². The van der Waals surface area contributed by atoms with Crippen molar-refractivity contribution in [2.24, 2.45) is 0 Å². The van der Waals surface area contributed by atoms with Crippen LogP contribution < -0.4 is 16.0 Å². The Bertz CT molecular complexity index is 1390. The first-order valence-electron chi connectivity index (χ1n) is 11.5. The van der Waals surface area contributed by atoms with E-state index in [1.807, 2.05) is 29.8 Å². The predicted molar refractivity (Wildman–Crippen MR) is 136 cm³/mol. The van der Waals surface area contributed by atoms with Crippen molar-refractivity contribution in [3.8, 4) is 17.3 Å². The standard InChI is InChI=1S/C26H28N8O/c1-4-5-6-20(29-2)25-32-22(23-24(28)31-13-14-34(23)25)18-7-9-19(10-8-18)26(35)33(3)21-15-17(16-27)11-12-30-21/h7-15,20,29H,4-6H2,1-3H3,(H2,28,31)/t20-/m0/s1. The van der Waals surface area contributed by atoms with Crippen LogP contribution >= 0.6 is 0 Å². The minimum absolute atomic E-state index is 0.0733. The highest BCUT2D eigenvalue weighted by Crippen LogP contribution is 2.31. The number of hydrogen-bond donors (Lipinski definition) is 2. The lowest BCUT2D eigenvalue weighted by Crippen LogP contribution is -2.27. The van der Waals surface area contributed by atoms with Crippen molar-refractivity contribution in [3.05, 3.63) is 71.9 Å². The van der Waals surface area contributed by atoms with Gasteiger partial charge in [0, 0.05) is 36.8 Å². The zero-order valence-electron chi connectivity index (χ0n) is 20.1. The summed E-state index contributed by atoms with van der Waals surface area (Å²) < 4.78 is 2.00. The molecule has 1 aromatic carbocycles. The molecule has 9 heteroatoms. The Kier molecular flexibility index (Phi) is 7.03. The third-order valence-electron chi connectivity index (χ3n) is 6.05. The number of imidazole rings is 1. The summed E-state index contributed by atoms with van der Waals surface area (Å²) in [7, 11) is 3.57. The number of nitrogens with zero attached hydrogens (tertiary/aromatic N) is 6. The number of hydrogen-bond acceptors (Lipinski definition) is 7. The summed E-state index contributed by atoms with van der Waals surface area (Å²) >= 11 is 0. The molecule has 35 heavy (non-hydrogen) atoms. The van der Waals surface area contributed by atoms with Crippen molar-refractivity contribution >= 4 is 23.1 Å². The smallest absolute Gasteiger partial charge is 0.259 e. The number of nitrogen functional groups attached to an aromatic ring is 1. The van der Waals surface area contributed by atoms with E-state index in [4.69, 9.17) is 16.0 Å². The van der Waals surface area contributed by atoms with Crippen LogP contribution in [0.2, 0.25) is 0 Å². The summed E-state index contributed by atoms with van der Waals surface area (Å²) in [6.07, 6.45) is 8.19. The lowest BCUT2D eigenvalue weighted by atomic mass is 10.1. The highest BCUT2D eigenvalue weighted by Gasteiger charge is 2.22. The van der Waals surface area contributed by atoms with Crippen LogP contribution in [0.1, 0.15) is 54.0 Å². The van der Waals surface area contributed by atoms with Gasteiger partial charge in [0.05, 0.1) is 17.7 Å². The second kappa shape index (κ2) is 10.3. The molecule has 4 aromatic rings. The number of benzene rings is 1. The molecular weight excluding hydrogens is 440 g/mol. The molecule has 1 atom stereocenters. The number of fused-ring (bicyclic) bond motifs is 1. The molecule has 178 valence electrons. The summed E-state index contributed by atoms with van der Waals surface area (Å²) in [4.78, 5) is 27.9. The van der Waals surface area contributed by atoms with Crippen LogP contribution in [0.3, 0.4) is 0 Å². The Morgan fingerprint density at radius 3 is 2.69 bits per heavy atom.